The molecule has 3 heteroatoms. The third-order valence-electron chi connectivity index (χ3n) is 2.07. The topological polar surface area (TPSA) is 26.0 Å². The van der Waals surface area contributed by atoms with E-state index in [2.05, 4.69) is 33.5 Å². The van der Waals surface area contributed by atoms with Crippen molar-refractivity contribution in [3.8, 4) is 0 Å². The van der Waals surface area contributed by atoms with Gasteiger partial charge in [0.15, 0.2) is 0 Å². The molecular weight excluding hydrogens is 234 g/mol. The van der Waals surface area contributed by atoms with Crippen molar-refractivity contribution in [2.75, 3.05) is 0 Å². The molecule has 1 atom stereocenters. The molecule has 1 nitrogen and oxygen atoms in total. The number of halogens is 1. The van der Waals surface area contributed by atoms with E-state index in [0.717, 1.165) is 12.8 Å². The maximum absolute atomic E-state index is 5.79. The first-order valence-electron chi connectivity index (χ1n) is 3.97. The number of rotatable bonds is 1. The molecule has 12 heavy (non-hydrogen) atoms. The Balaban J connectivity index is 2.32. The minimum Gasteiger partial charge on any atom is -0.324 e. The molecule has 0 fully saturated rings. The van der Waals surface area contributed by atoms with Gasteiger partial charge in [0.2, 0.25) is 0 Å². The molecule has 0 aromatic carbocycles. The summed E-state index contributed by atoms with van der Waals surface area (Å²) < 4.78 is 1.20. The molecule has 1 heterocycles. The molecule has 2 rings (SSSR count). The fourth-order valence-electron chi connectivity index (χ4n) is 1.46. The second kappa shape index (κ2) is 3.32. The molecule has 1 aliphatic rings. The molecule has 1 aromatic heterocycles. The largest absolute Gasteiger partial charge is 0.324 e. The van der Waals surface area contributed by atoms with Crippen molar-refractivity contribution in [1.29, 1.82) is 0 Å². The summed E-state index contributed by atoms with van der Waals surface area (Å²) in [5.74, 6) is 0. The lowest BCUT2D eigenvalue weighted by Gasteiger charge is -1.96. The van der Waals surface area contributed by atoms with Gasteiger partial charge >= 0.3 is 0 Å². The summed E-state index contributed by atoms with van der Waals surface area (Å²) in [4.78, 5) is 1.35. The highest BCUT2D eigenvalue weighted by Gasteiger charge is 2.15. The zero-order valence-electron chi connectivity index (χ0n) is 6.59. The number of hydrogen-bond donors (Lipinski definition) is 1. The predicted molar refractivity (Wildman–Crippen MR) is 57.2 cm³/mol. The van der Waals surface area contributed by atoms with Gasteiger partial charge in [-0.25, -0.2) is 0 Å². The van der Waals surface area contributed by atoms with Crippen molar-refractivity contribution < 1.29 is 0 Å². The lowest BCUT2D eigenvalue weighted by atomic mass is 10.2. The van der Waals surface area contributed by atoms with Crippen LogP contribution in [0, 0.1) is 0 Å². The van der Waals surface area contributed by atoms with Crippen molar-refractivity contribution >= 4 is 32.8 Å². The lowest BCUT2D eigenvalue weighted by Crippen LogP contribution is -2.11. The third kappa shape index (κ3) is 1.49. The van der Waals surface area contributed by atoms with Gasteiger partial charge in [-0.1, -0.05) is 6.08 Å². The fraction of sp³-hybridized carbons (Fsp3) is 0.333. The number of thiophene rings is 1. The minimum absolute atomic E-state index is 0.272. The Morgan fingerprint density at radius 3 is 2.92 bits per heavy atom. The number of allylic oxidation sites excluding steroid dienone is 1. The van der Waals surface area contributed by atoms with E-state index in [4.69, 9.17) is 5.73 Å². The van der Waals surface area contributed by atoms with Crippen molar-refractivity contribution in [3.63, 3.8) is 0 Å². The van der Waals surface area contributed by atoms with Crippen LogP contribution in [0.5, 0.6) is 0 Å². The zero-order valence-corrected chi connectivity index (χ0v) is 8.99. The summed E-state index contributed by atoms with van der Waals surface area (Å²) in [5, 5.41) is 2.10. The molecule has 1 aliphatic carbocycles. The van der Waals surface area contributed by atoms with E-state index in [9.17, 15) is 0 Å². The van der Waals surface area contributed by atoms with Crippen LogP contribution in [0.4, 0.5) is 0 Å². The molecule has 0 radical (unpaired) electrons. The predicted octanol–water partition coefficient (Wildman–Crippen LogP) is 3.02. The van der Waals surface area contributed by atoms with Crippen molar-refractivity contribution in [2.24, 2.45) is 5.73 Å². The normalized spacial score (nSPS) is 22.8. The van der Waals surface area contributed by atoms with Crippen LogP contribution in [0.25, 0.3) is 5.57 Å². The highest BCUT2D eigenvalue weighted by Crippen LogP contribution is 2.35. The summed E-state index contributed by atoms with van der Waals surface area (Å²) in [6.07, 6.45) is 4.40. The smallest absolute Gasteiger partial charge is 0.0441 e. The zero-order chi connectivity index (χ0) is 8.55. The average Bonchev–Trinajstić information content (AvgIpc) is 2.58. The second-order valence-electron chi connectivity index (χ2n) is 2.99. The van der Waals surface area contributed by atoms with Gasteiger partial charge in [0.25, 0.3) is 0 Å². The van der Waals surface area contributed by atoms with E-state index in [1.807, 2.05) is 0 Å². The standard InChI is InChI=1S/C9H10BrNS/c10-8-3-4-12-9(8)6-1-2-7(11)5-6/h3-5,7H,1-2,11H2. The van der Waals surface area contributed by atoms with Gasteiger partial charge in [-0.15, -0.1) is 11.3 Å². The van der Waals surface area contributed by atoms with Crippen LogP contribution >= 0.6 is 27.3 Å². The van der Waals surface area contributed by atoms with Crippen LogP contribution in [0.1, 0.15) is 17.7 Å². The van der Waals surface area contributed by atoms with Crippen LogP contribution in [-0.2, 0) is 0 Å². The molecule has 1 unspecified atom stereocenters. The van der Waals surface area contributed by atoms with Gasteiger partial charge in [-0.2, -0.15) is 0 Å². The molecule has 64 valence electrons. The van der Waals surface area contributed by atoms with Gasteiger partial charge in [-0.05, 0) is 45.8 Å². The Morgan fingerprint density at radius 1 is 1.58 bits per heavy atom. The number of hydrogen-bond acceptors (Lipinski definition) is 2. The Morgan fingerprint density at radius 2 is 2.42 bits per heavy atom. The van der Waals surface area contributed by atoms with E-state index in [-0.39, 0.29) is 6.04 Å². The first-order chi connectivity index (χ1) is 5.77. The SMILES string of the molecule is NC1C=C(c2sccc2Br)CC1. The molecule has 0 aliphatic heterocycles. The second-order valence-corrected chi connectivity index (χ2v) is 4.76. The van der Waals surface area contributed by atoms with Crippen molar-refractivity contribution in [1.82, 2.24) is 0 Å². The van der Waals surface area contributed by atoms with E-state index >= 15 is 0 Å². The van der Waals surface area contributed by atoms with Gasteiger partial charge in [-0.3, -0.25) is 0 Å². The van der Waals surface area contributed by atoms with Gasteiger partial charge in [0.1, 0.15) is 0 Å². The van der Waals surface area contributed by atoms with Crippen LogP contribution in [-0.4, -0.2) is 6.04 Å². The monoisotopic (exact) mass is 243 g/mol. The van der Waals surface area contributed by atoms with Crippen LogP contribution in [0.15, 0.2) is 22.0 Å². The van der Waals surface area contributed by atoms with Gasteiger partial charge in [0.05, 0.1) is 0 Å². The highest BCUT2D eigenvalue weighted by molar-refractivity contribution is 9.10. The molecule has 0 saturated carbocycles. The van der Waals surface area contributed by atoms with Crippen LogP contribution in [0.2, 0.25) is 0 Å². The average molecular weight is 244 g/mol. The summed E-state index contributed by atoms with van der Waals surface area (Å²) >= 11 is 5.30. The first kappa shape index (κ1) is 8.48. The molecule has 0 bridgehead atoms. The summed E-state index contributed by atoms with van der Waals surface area (Å²) in [6, 6.07) is 2.36. The van der Waals surface area contributed by atoms with Crippen molar-refractivity contribution in [2.45, 2.75) is 18.9 Å². The molecule has 2 N–H and O–H groups in total. The molecular formula is C9H10BrNS. The molecule has 0 saturated heterocycles. The van der Waals surface area contributed by atoms with E-state index in [0.29, 0.717) is 0 Å². The number of nitrogens with two attached hydrogens (primary N) is 1. The van der Waals surface area contributed by atoms with E-state index in [1.165, 1.54) is 14.9 Å². The van der Waals surface area contributed by atoms with E-state index in [1.54, 1.807) is 11.3 Å². The Hall–Kier alpha value is -0.120. The Bertz CT molecular complexity index is 316. The van der Waals surface area contributed by atoms with E-state index < -0.39 is 0 Å². The first-order valence-corrected chi connectivity index (χ1v) is 5.64. The Kier molecular flexibility index (Phi) is 2.35. The Labute approximate surface area is 84.4 Å². The maximum atomic E-state index is 5.79. The summed E-state index contributed by atoms with van der Waals surface area (Å²) in [5.41, 5.74) is 7.20. The fourth-order valence-corrected chi connectivity index (χ4v) is 3.14. The molecule has 0 spiro atoms. The van der Waals surface area contributed by atoms with Gasteiger partial charge < -0.3 is 5.73 Å². The van der Waals surface area contributed by atoms with Crippen LogP contribution in [0.3, 0.4) is 0 Å². The summed E-state index contributed by atoms with van der Waals surface area (Å²) in [7, 11) is 0. The molecule has 1 aromatic rings. The minimum atomic E-state index is 0.272. The molecule has 0 amide bonds. The van der Waals surface area contributed by atoms with Crippen molar-refractivity contribution in [3.05, 3.63) is 26.9 Å². The maximum Gasteiger partial charge on any atom is 0.0441 e. The quantitative estimate of drug-likeness (QED) is 0.807. The summed E-state index contributed by atoms with van der Waals surface area (Å²) in [6.45, 7) is 0. The van der Waals surface area contributed by atoms with Gasteiger partial charge in [0, 0.05) is 15.4 Å². The lowest BCUT2D eigenvalue weighted by molar-refractivity contribution is 0.782. The third-order valence-corrected chi connectivity index (χ3v) is 3.98. The van der Waals surface area contributed by atoms with Crippen LogP contribution < -0.4 is 5.73 Å². The highest BCUT2D eigenvalue weighted by atomic mass is 79.9.